The lowest BCUT2D eigenvalue weighted by Crippen LogP contribution is -2.60. The number of rotatable bonds is 3. The first-order valence-electron chi connectivity index (χ1n) is 13.2. The second-order valence-corrected chi connectivity index (χ2v) is 13.9. The number of hydrogen-bond acceptors (Lipinski definition) is 2. The maximum atomic E-state index is 15.7. The molecule has 0 N–H and O–H groups in total. The minimum Gasteiger partial charge on any atom is -0.341 e. The molecular formula is C26H41F2NO2S. The summed E-state index contributed by atoms with van der Waals surface area (Å²) in [6.07, 6.45) is 9.82. The molecule has 5 rings (SSSR count). The molecule has 1 aliphatic heterocycles. The van der Waals surface area contributed by atoms with Crippen LogP contribution in [0.5, 0.6) is 0 Å². The third kappa shape index (κ3) is 3.69. The second-order valence-electron chi connectivity index (χ2n) is 12.2. The van der Waals surface area contributed by atoms with Gasteiger partial charge in [0.1, 0.15) is 0 Å². The summed E-state index contributed by atoms with van der Waals surface area (Å²) in [5, 5.41) is 0. The Labute approximate surface area is 194 Å². The SMILES string of the molecule is CC12CCC3C(C1CCC2CCC(=O)N1CCS(=O)CC1)C(F)(F)CC1CCCCC13C. The van der Waals surface area contributed by atoms with Crippen LogP contribution >= 0.6 is 0 Å². The number of amides is 1. The standard InChI is InChI=1S/C26H41F2NO2S/c1-24-11-4-3-5-19(24)17-26(27,28)23-20-8-6-18(25(20,2)12-10-21(23)24)7-9-22(30)29-13-15-32(31)16-14-29/h18-21,23H,3-17H2,1-2H3. The Morgan fingerprint density at radius 3 is 2.44 bits per heavy atom. The fourth-order valence-electron chi connectivity index (χ4n) is 9.11. The van der Waals surface area contributed by atoms with Gasteiger partial charge in [-0.25, -0.2) is 8.78 Å². The Morgan fingerprint density at radius 2 is 1.69 bits per heavy atom. The molecule has 7 atom stereocenters. The molecule has 1 heterocycles. The van der Waals surface area contributed by atoms with E-state index in [-0.39, 0.29) is 40.9 Å². The van der Waals surface area contributed by atoms with E-state index in [1.807, 2.05) is 4.90 Å². The molecule has 0 aromatic heterocycles. The second kappa shape index (κ2) is 8.30. The van der Waals surface area contributed by atoms with Crippen LogP contribution in [0.3, 0.4) is 0 Å². The highest BCUT2D eigenvalue weighted by Crippen LogP contribution is 2.70. The normalized spacial score (nSPS) is 46.2. The zero-order valence-electron chi connectivity index (χ0n) is 19.9. The minimum atomic E-state index is -2.54. The zero-order chi connectivity index (χ0) is 22.7. The predicted octanol–water partition coefficient (Wildman–Crippen LogP) is 5.65. The highest BCUT2D eigenvalue weighted by molar-refractivity contribution is 7.85. The van der Waals surface area contributed by atoms with Gasteiger partial charge < -0.3 is 4.90 Å². The molecule has 5 fully saturated rings. The third-order valence-corrected chi connectivity index (χ3v) is 12.3. The summed E-state index contributed by atoms with van der Waals surface area (Å²) in [5.41, 5.74) is 0.0560. The minimum absolute atomic E-state index is 0.0495. The average Bonchev–Trinajstić information content (AvgIpc) is 3.09. The molecule has 4 aliphatic carbocycles. The molecule has 6 heteroatoms. The van der Waals surface area contributed by atoms with Crippen LogP contribution in [-0.4, -0.2) is 45.5 Å². The molecule has 0 radical (unpaired) electrons. The van der Waals surface area contributed by atoms with Crippen molar-refractivity contribution in [3.05, 3.63) is 0 Å². The van der Waals surface area contributed by atoms with Gasteiger partial charge in [-0.15, -0.1) is 0 Å². The molecule has 182 valence electrons. The number of alkyl halides is 2. The van der Waals surface area contributed by atoms with E-state index >= 15 is 8.78 Å². The Morgan fingerprint density at radius 1 is 0.969 bits per heavy atom. The lowest BCUT2D eigenvalue weighted by atomic mass is 9.44. The van der Waals surface area contributed by atoms with E-state index in [4.69, 9.17) is 0 Å². The van der Waals surface area contributed by atoms with Gasteiger partial charge in [-0.1, -0.05) is 26.7 Å². The van der Waals surface area contributed by atoms with E-state index in [0.29, 0.717) is 36.9 Å². The maximum Gasteiger partial charge on any atom is 0.251 e. The van der Waals surface area contributed by atoms with Gasteiger partial charge in [-0.2, -0.15) is 0 Å². The van der Waals surface area contributed by atoms with Crippen LogP contribution in [0.25, 0.3) is 0 Å². The van der Waals surface area contributed by atoms with Crippen molar-refractivity contribution in [2.75, 3.05) is 24.6 Å². The number of nitrogens with zero attached hydrogens (tertiary/aromatic N) is 1. The van der Waals surface area contributed by atoms with Crippen molar-refractivity contribution in [2.45, 2.75) is 90.4 Å². The van der Waals surface area contributed by atoms with Crippen LogP contribution in [0.2, 0.25) is 0 Å². The van der Waals surface area contributed by atoms with E-state index in [9.17, 15) is 9.00 Å². The van der Waals surface area contributed by atoms with Crippen molar-refractivity contribution in [3.8, 4) is 0 Å². The maximum absolute atomic E-state index is 15.7. The van der Waals surface area contributed by atoms with E-state index in [1.54, 1.807) is 0 Å². The Hall–Kier alpha value is -0.520. The highest BCUT2D eigenvalue weighted by atomic mass is 32.2. The van der Waals surface area contributed by atoms with Gasteiger partial charge in [-0.05, 0) is 79.4 Å². The van der Waals surface area contributed by atoms with Crippen LogP contribution in [0.1, 0.15) is 84.5 Å². The largest absolute Gasteiger partial charge is 0.341 e. The molecule has 0 spiro atoms. The van der Waals surface area contributed by atoms with Crippen LogP contribution in [-0.2, 0) is 15.6 Å². The molecule has 3 nitrogen and oxygen atoms in total. The molecular weight excluding hydrogens is 428 g/mol. The molecule has 0 aromatic rings. The smallest absolute Gasteiger partial charge is 0.251 e. The number of hydrogen-bond donors (Lipinski definition) is 0. The summed E-state index contributed by atoms with van der Waals surface area (Å²) < 4.78 is 43.0. The molecule has 0 aromatic carbocycles. The number of carbonyl (C=O) groups is 1. The molecule has 0 bridgehead atoms. The topological polar surface area (TPSA) is 37.4 Å². The average molecular weight is 470 g/mol. The summed E-state index contributed by atoms with van der Waals surface area (Å²) in [6, 6.07) is 0. The van der Waals surface area contributed by atoms with Gasteiger partial charge in [0.25, 0.3) is 5.92 Å². The summed E-state index contributed by atoms with van der Waals surface area (Å²) in [6.45, 7) is 5.84. The summed E-state index contributed by atoms with van der Waals surface area (Å²) in [5.74, 6) is -0.791. The van der Waals surface area contributed by atoms with Crippen molar-refractivity contribution < 1.29 is 17.8 Å². The van der Waals surface area contributed by atoms with Crippen LogP contribution in [0.15, 0.2) is 0 Å². The van der Waals surface area contributed by atoms with Crippen molar-refractivity contribution in [1.29, 1.82) is 0 Å². The number of halogens is 2. The Balaban J connectivity index is 1.29. The van der Waals surface area contributed by atoms with E-state index in [0.717, 1.165) is 51.4 Å². The monoisotopic (exact) mass is 469 g/mol. The van der Waals surface area contributed by atoms with Crippen LogP contribution < -0.4 is 0 Å². The molecule has 32 heavy (non-hydrogen) atoms. The van der Waals surface area contributed by atoms with Crippen molar-refractivity contribution in [2.24, 2.45) is 40.4 Å². The number of carbonyl (C=O) groups excluding carboxylic acids is 1. The first-order chi connectivity index (χ1) is 15.1. The van der Waals surface area contributed by atoms with E-state index < -0.39 is 22.6 Å². The van der Waals surface area contributed by atoms with Gasteiger partial charge in [0, 0.05) is 54.2 Å². The fourth-order valence-corrected chi connectivity index (χ4v) is 10.2. The van der Waals surface area contributed by atoms with Crippen molar-refractivity contribution >= 4 is 16.7 Å². The summed E-state index contributed by atoms with van der Waals surface area (Å²) >= 11 is 0. The Bertz CT molecular complexity index is 765. The van der Waals surface area contributed by atoms with Gasteiger partial charge in [0.05, 0.1) is 0 Å². The highest BCUT2D eigenvalue weighted by Gasteiger charge is 2.67. The fraction of sp³-hybridized carbons (Fsp3) is 0.962. The molecule has 4 saturated carbocycles. The molecule has 1 saturated heterocycles. The van der Waals surface area contributed by atoms with Crippen molar-refractivity contribution in [3.63, 3.8) is 0 Å². The lowest BCUT2D eigenvalue weighted by molar-refractivity contribution is -0.231. The van der Waals surface area contributed by atoms with Crippen LogP contribution in [0.4, 0.5) is 8.78 Å². The summed E-state index contributed by atoms with van der Waals surface area (Å²) in [7, 11) is -0.779. The summed E-state index contributed by atoms with van der Waals surface area (Å²) in [4.78, 5) is 14.6. The van der Waals surface area contributed by atoms with Crippen LogP contribution in [0, 0.1) is 40.4 Å². The van der Waals surface area contributed by atoms with Gasteiger partial charge >= 0.3 is 0 Å². The van der Waals surface area contributed by atoms with Gasteiger partial charge in [-0.3, -0.25) is 9.00 Å². The van der Waals surface area contributed by atoms with E-state index in [1.165, 1.54) is 6.42 Å². The lowest BCUT2D eigenvalue weighted by Gasteiger charge is -2.62. The molecule has 7 unspecified atom stereocenters. The Kier molecular flexibility index (Phi) is 6.03. The molecule has 5 aliphatic rings. The van der Waals surface area contributed by atoms with Crippen molar-refractivity contribution in [1.82, 2.24) is 4.90 Å². The first-order valence-corrected chi connectivity index (χ1v) is 14.6. The predicted molar refractivity (Wildman–Crippen MR) is 124 cm³/mol. The first kappa shape index (κ1) is 23.2. The van der Waals surface area contributed by atoms with Gasteiger partial charge in [0.2, 0.25) is 5.91 Å². The quantitative estimate of drug-likeness (QED) is 0.535. The third-order valence-electron chi connectivity index (χ3n) is 11.0. The van der Waals surface area contributed by atoms with Gasteiger partial charge in [0.15, 0.2) is 0 Å². The molecule has 1 amide bonds. The zero-order valence-corrected chi connectivity index (χ0v) is 20.7. The number of fused-ring (bicyclic) bond motifs is 5. The van der Waals surface area contributed by atoms with E-state index in [2.05, 4.69) is 13.8 Å².